The second-order valence-electron chi connectivity index (χ2n) is 3.46. The maximum absolute atomic E-state index is 5.45. The maximum atomic E-state index is 5.45. The highest BCUT2D eigenvalue weighted by Gasteiger charge is 2.08. The van der Waals surface area contributed by atoms with Gasteiger partial charge in [0.05, 0.1) is 5.39 Å². The minimum atomic E-state index is 0.729. The summed E-state index contributed by atoms with van der Waals surface area (Å²) in [6, 6.07) is 2.06. The SMILES string of the molecule is CCCc1nc(NN)c2cc(C)sc2n1. The number of aryl methyl sites for hydroxylation is 2. The van der Waals surface area contributed by atoms with Gasteiger partial charge in [-0.1, -0.05) is 6.92 Å². The number of hydrogen-bond acceptors (Lipinski definition) is 5. The first-order valence-electron chi connectivity index (χ1n) is 4.98. The van der Waals surface area contributed by atoms with Crippen LogP contribution in [0.5, 0.6) is 0 Å². The summed E-state index contributed by atoms with van der Waals surface area (Å²) in [7, 11) is 0. The Bertz CT molecular complexity index is 477. The van der Waals surface area contributed by atoms with E-state index in [1.54, 1.807) is 11.3 Å². The largest absolute Gasteiger partial charge is 0.308 e. The number of rotatable bonds is 3. The number of fused-ring (bicyclic) bond motifs is 1. The van der Waals surface area contributed by atoms with E-state index in [2.05, 4.69) is 35.3 Å². The van der Waals surface area contributed by atoms with Crippen molar-refractivity contribution in [3.63, 3.8) is 0 Å². The summed E-state index contributed by atoms with van der Waals surface area (Å²) < 4.78 is 0. The Balaban J connectivity index is 2.59. The summed E-state index contributed by atoms with van der Waals surface area (Å²) in [4.78, 5) is 11.1. The van der Waals surface area contributed by atoms with Gasteiger partial charge in [-0.05, 0) is 19.4 Å². The maximum Gasteiger partial charge on any atom is 0.152 e. The molecular weight excluding hydrogens is 208 g/mol. The first kappa shape index (κ1) is 10.3. The minimum absolute atomic E-state index is 0.729. The molecule has 0 unspecified atom stereocenters. The molecule has 0 aliphatic carbocycles. The molecule has 2 heterocycles. The molecule has 0 radical (unpaired) electrons. The van der Waals surface area contributed by atoms with Crippen LogP contribution in [-0.2, 0) is 6.42 Å². The fourth-order valence-corrected chi connectivity index (χ4v) is 2.43. The summed E-state index contributed by atoms with van der Waals surface area (Å²) in [5, 5.41) is 1.01. The molecule has 2 aromatic heterocycles. The summed E-state index contributed by atoms with van der Waals surface area (Å²) in [6.07, 6.45) is 1.93. The Hall–Kier alpha value is -1.20. The topological polar surface area (TPSA) is 63.8 Å². The number of aromatic nitrogens is 2. The van der Waals surface area contributed by atoms with Gasteiger partial charge in [-0.25, -0.2) is 15.8 Å². The third-order valence-electron chi connectivity index (χ3n) is 2.17. The van der Waals surface area contributed by atoms with Crippen LogP contribution in [0.3, 0.4) is 0 Å². The van der Waals surface area contributed by atoms with E-state index in [1.165, 1.54) is 4.88 Å². The molecule has 2 rings (SSSR count). The summed E-state index contributed by atoms with van der Waals surface area (Å²) in [5.74, 6) is 7.04. The van der Waals surface area contributed by atoms with Crippen LogP contribution < -0.4 is 11.3 Å². The van der Waals surface area contributed by atoms with Crippen molar-refractivity contribution < 1.29 is 0 Å². The molecule has 4 nitrogen and oxygen atoms in total. The van der Waals surface area contributed by atoms with Crippen molar-refractivity contribution in [2.45, 2.75) is 26.7 Å². The van der Waals surface area contributed by atoms with E-state index >= 15 is 0 Å². The fourth-order valence-electron chi connectivity index (χ4n) is 1.53. The Morgan fingerprint density at radius 3 is 2.93 bits per heavy atom. The lowest BCUT2D eigenvalue weighted by atomic mass is 10.3. The highest BCUT2D eigenvalue weighted by atomic mass is 32.1. The first-order valence-corrected chi connectivity index (χ1v) is 5.80. The number of hydrogen-bond donors (Lipinski definition) is 2. The zero-order chi connectivity index (χ0) is 10.8. The molecule has 0 amide bonds. The second-order valence-corrected chi connectivity index (χ2v) is 4.69. The van der Waals surface area contributed by atoms with Crippen LogP contribution in [0.15, 0.2) is 6.07 Å². The molecule has 0 aromatic carbocycles. The number of thiophene rings is 1. The number of anilines is 1. The molecule has 0 aliphatic heterocycles. The molecule has 0 bridgehead atoms. The van der Waals surface area contributed by atoms with Crippen molar-refractivity contribution in [3.8, 4) is 0 Å². The molecule has 0 aliphatic rings. The van der Waals surface area contributed by atoms with Crippen LogP contribution in [0.1, 0.15) is 24.0 Å². The van der Waals surface area contributed by atoms with Crippen molar-refractivity contribution in [1.82, 2.24) is 9.97 Å². The van der Waals surface area contributed by atoms with Crippen LogP contribution in [-0.4, -0.2) is 9.97 Å². The van der Waals surface area contributed by atoms with Crippen molar-refractivity contribution in [2.75, 3.05) is 5.43 Å². The molecule has 0 fully saturated rings. The summed E-state index contributed by atoms with van der Waals surface area (Å²) in [6.45, 7) is 4.18. The van der Waals surface area contributed by atoms with Crippen molar-refractivity contribution >= 4 is 27.4 Å². The second kappa shape index (κ2) is 4.12. The van der Waals surface area contributed by atoms with Crippen molar-refractivity contribution in [1.29, 1.82) is 0 Å². The van der Waals surface area contributed by atoms with Crippen LogP contribution >= 0.6 is 11.3 Å². The molecular formula is C10H14N4S. The molecule has 5 heteroatoms. The lowest BCUT2D eigenvalue weighted by Gasteiger charge is -2.03. The highest BCUT2D eigenvalue weighted by Crippen LogP contribution is 2.28. The zero-order valence-electron chi connectivity index (χ0n) is 8.87. The van der Waals surface area contributed by atoms with E-state index in [9.17, 15) is 0 Å². The zero-order valence-corrected chi connectivity index (χ0v) is 9.69. The average molecular weight is 222 g/mol. The van der Waals surface area contributed by atoms with E-state index in [-0.39, 0.29) is 0 Å². The third kappa shape index (κ3) is 1.93. The lowest BCUT2D eigenvalue weighted by molar-refractivity contribution is 0.846. The van der Waals surface area contributed by atoms with Crippen molar-refractivity contribution in [3.05, 3.63) is 16.8 Å². The molecule has 0 atom stereocenters. The first-order chi connectivity index (χ1) is 7.24. The highest BCUT2D eigenvalue weighted by molar-refractivity contribution is 7.18. The van der Waals surface area contributed by atoms with Gasteiger partial charge in [-0.15, -0.1) is 11.3 Å². The van der Waals surface area contributed by atoms with E-state index in [4.69, 9.17) is 5.84 Å². The molecule has 0 saturated heterocycles. The molecule has 0 saturated carbocycles. The molecule has 2 aromatic rings. The fraction of sp³-hybridized carbons (Fsp3) is 0.400. The Kier molecular flexibility index (Phi) is 2.83. The minimum Gasteiger partial charge on any atom is -0.308 e. The number of nitrogens with zero attached hydrogens (tertiary/aromatic N) is 2. The van der Waals surface area contributed by atoms with Crippen molar-refractivity contribution in [2.24, 2.45) is 5.84 Å². The Labute approximate surface area is 92.5 Å². The Morgan fingerprint density at radius 1 is 1.47 bits per heavy atom. The van der Waals surface area contributed by atoms with Crippen LogP contribution in [0.2, 0.25) is 0 Å². The van der Waals surface area contributed by atoms with Gasteiger partial charge in [-0.3, -0.25) is 0 Å². The molecule has 3 N–H and O–H groups in total. The van der Waals surface area contributed by atoms with E-state index in [0.29, 0.717) is 0 Å². The molecule has 80 valence electrons. The van der Waals surface area contributed by atoms with Crippen LogP contribution in [0, 0.1) is 6.92 Å². The number of nitrogens with two attached hydrogens (primary N) is 1. The molecule has 15 heavy (non-hydrogen) atoms. The monoisotopic (exact) mass is 222 g/mol. The predicted octanol–water partition coefficient (Wildman–Crippen LogP) is 2.24. The number of hydrazine groups is 1. The predicted molar refractivity (Wildman–Crippen MR) is 64.0 cm³/mol. The van der Waals surface area contributed by atoms with Gasteiger partial charge in [0.1, 0.15) is 10.7 Å². The van der Waals surface area contributed by atoms with E-state index < -0.39 is 0 Å². The number of nitrogens with one attached hydrogen (secondary N) is 1. The smallest absolute Gasteiger partial charge is 0.152 e. The summed E-state index contributed by atoms with van der Waals surface area (Å²) >= 11 is 1.68. The lowest BCUT2D eigenvalue weighted by Crippen LogP contribution is -2.10. The van der Waals surface area contributed by atoms with Crippen LogP contribution in [0.25, 0.3) is 10.2 Å². The summed E-state index contributed by atoms with van der Waals surface area (Å²) in [5.41, 5.74) is 2.64. The molecule has 0 spiro atoms. The van der Waals surface area contributed by atoms with Gasteiger partial charge in [0.25, 0.3) is 0 Å². The van der Waals surface area contributed by atoms with Gasteiger partial charge in [0.15, 0.2) is 5.82 Å². The average Bonchev–Trinajstić information content (AvgIpc) is 2.57. The van der Waals surface area contributed by atoms with Gasteiger partial charge in [-0.2, -0.15) is 0 Å². The normalized spacial score (nSPS) is 10.9. The number of nitrogen functional groups attached to an aromatic ring is 1. The van der Waals surface area contributed by atoms with Gasteiger partial charge < -0.3 is 5.43 Å². The van der Waals surface area contributed by atoms with E-state index in [1.807, 2.05) is 0 Å². The standard InChI is InChI=1S/C10H14N4S/c1-3-4-8-12-9(14-11)7-5-6(2)15-10(7)13-8/h5H,3-4,11H2,1-2H3,(H,12,13,14). The Morgan fingerprint density at radius 2 is 2.27 bits per heavy atom. The van der Waals surface area contributed by atoms with Crippen LogP contribution in [0.4, 0.5) is 5.82 Å². The van der Waals surface area contributed by atoms with Gasteiger partial charge >= 0.3 is 0 Å². The quantitative estimate of drug-likeness (QED) is 0.617. The van der Waals surface area contributed by atoms with E-state index in [0.717, 1.165) is 34.7 Å². The van der Waals surface area contributed by atoms with Gasteiger partial charge in [0, 0.05) is 11.3 Å². The van der Waals surface area contributed by atoms with Gasteiger partial charge in [0.2, 0.25) is 0 Å². The third-order valence-corrected chi connectivity index (χ3v) is 3.12.